The molecule has 1 aromatic heterocycles. The van der Waals surface area contributed by atoms with Crippen LogP contribution in [0, 0.1) is 44.8 Å². The molecule has 3 rings (SSSR count). The lowest BCUT2D eigenvalue weighted by atomic mass is 9.99. The molecule has 8 heteroatoms. The first-order valence-electron chi connectivity index (χ1n) is 27.4. The van der Waals surface area contributed by atoms with Crippen LogP contribution in [0.5, 0.6) is 11.5 Å². The van der Waals surface area contributed by atoms with Crippen LogP contribution in [0.25, 0.3) is 0 Å². The zero-order chi connectivity index (χ0) is 58.0. The van der Waals surface area contributed by atoms with Crippen LogP contribution < -0.4 is 9.47 Å². The first-order chi connectivity index (χ1) is 33.9. The van der Waals surface area contributed by atoms with Gasteiger partial charge in [-0.1, -0.05) is 214 Å². The fourth-order valence-electron chi connectivity index (χ4n) is 4.63. The summed E-state index contributed by atoms with van der Waals surface area (Å²) < 4.78 is 43.0. The normalized spacial score (nSPS) is 11.5. The lowest BCUT2D eigenvalue weighted by Gasteiger charge is -2.18. The number of rotatable bonds is 20. The molecule has 0 N–H and O–H groups in total. The van der Waals surface area contributed by atoms with E-state index in [1.807, 2.05) is 67.6 Å². The van der Waals surface area contributed by atoms with Crippen LogP contribution in [0.2, 0.25) is 0 Å². The van der Waals surface area contributed by atoms with Gasteiger partial charge in [-0.05, 0) is 101 Å². The summed E-state index contributed by atoms with van der Waals surface area (Å²) >= 11 is 0. The van der Waals surface area contributed by atoms with Gasteiger partial charge in [-0.15, -0.1) is 13.2 Å². The Hall–Kier alpha value is -3.40. The lowest BCUT2D eigenvalue weighted by Crippen LogP contribution is -2.16. The summed E-state index contributed by atoms with van der Waals surface area (Å²) in [6.07, 6.45) is 8.68. The summed E-state index contributed by atoms with van der Waals surface area (Å²) in [4.78, 5) is 0. The van der Waals surface area contributed by atoms with E-state index in [9.17, 15) is 0 Å². The number of para-hydroxylation sites is 1. The summed E-state index contributed by atoms with van der Waals surface area (Å²) in [6.45, 7) is 68.4. The Labute approximate surface area is 466 Å². The molecule has 0 aliphatic carbocycles. The first-order valence-corrected chi connectivity index (χ1v) is 27.4. The highest BCUT2D eigenvalue weighted by atomic mass is 16.5. The molecule has 0 unspecified atom stereocenters. The Balaban J connectivity index is -0.000000255. The molecule has 0 aliphatic rings. The van der Waals surface area contributed by atoms with Crippen molar-refractivity contribution in [3.05, 3.63) is 110 Å². The number of ether oxygens (including phenoxy) is 7. The van der Waals surface area contributed by atoms with E-state index >= 15 is 0 Å². The van der Waals surface area contributed by atoms with Gasteiger partial charge in [0, 0.05) is 13.2 Å². The minimum atomic E-state index is 0. The second-order valence-electron chi connectivity index (χ2n) is 27.2. The molecule has 0 amide bonds. The summed E-state index contributed by atoms with van der Waals surface area (Å²) in [7, 11) is 0. The predicted molar refractivity (Wildman–Crippen MR) is 329 cm³/mol. The smallest absolute Gasteiger partial charge is 0.129 e. The Morgan fingerprint density at radius 2 is 0.840 bits per heavy atom. The van der Waals surface area contributed by atoms with Crippen molar-refractivity contribution in [2.75, 3.05) is 72.7 Å². The van der Waals surface area contributed by atoms with Crippen molar-refractivity contribution < 1.29 is 37.6 Å². The molecule has 0 bridgehead atoms. The van der Waals surface area contributed by atoms with Crippen LogP contribution in [0.15, 0.2) is 103 Å². The Morgan fingerprint density at radius 3 is 1.20 bits per heavy atom. The molecule has 0 radical (unpaired) electrons. The second-order valence-corrected chi connectivity index (χ2v) is 27.2. The van der Waals surface area contributed by atoms with Crippen molar-refractivity contribution in [2.24, 2.45) is 37.9 Å². The van der Waals surface area contributed by atoms with Gasteiger partial charge in [-0.2, -0.15) is 0 Å². The summed E-state index contributed by atoms with van der Waals surface area (Å²) in [5.41, 5.74) is 3.18. The van der Waals surface area contributed by atoms with Crippen LogP contribution >= 0.6 is 0 Å². The van der Waals surface area contributed by atoms with Crippen molar-refractivity contribution in [1.29, 1.82) is 0 Å². The Bertz CT molecular complexity index is 1650. The van der Waals surface area contributed by atoms with Crippen molar-refractivity contribution in [3.63, 3.8) is 0 Å². The quantitative estimate of drug-likeness (QED) is 0.0818. The van der Waals surface area contributed by atoms with E-state index < -0.39 is 0 Å². The van der Waals surface area contributed by atoms with Gasteiger partial charge < -0.3 is 37.6 Å². The maximum atomic E-state index is 5.63. The summed E-state index contributed by atoms with van der Waals surface area (Å²) in [6, 6.07) is 21.9. The van der Waals surface area contributed by atoms with E-state index in [4.69, 9.17) is 37.6 Å². The van der Waals surface area contributed by atoms with Gasteiger partial charge in [0.15, 0.2) is 0 Å². The number of aryl methyl sites for hydroxylation is 1. The van der Waals surface area contributed by atoms with Crippen LogP contribution in [-0.4, -0.2) is 72.7 Å². The standard InChI is InChI=1S/C12H18O.C11H16O.C10H16O2.C9H20O.C9H18O.C8H16O.C7H16O.CH4/c1-10-5-7-11(8-6-10)13-9-12(2,3)4;1-11(2,3)9-12-10-7-5-4-6-8-10;1-10(2,3)8-11-7-9-5-4-6-12-9;2*1-5-6-7-10-8-9(2,3)4;1-5-6-9-7-8(2,3)4;1-5-8-6-7(2,3)4;/h5-8H,9H2,1-4H3;4-8H,9H2,1-3H3;4-6H,7-8H2,1-3H3;5-8H2,1-4H3;5H,1,6-8H2,2-4H3;5H,1,6-7H2,2-4H3;5-6H2,1-4H3;1H4. The predicted octanol–water partition coefficient (Wildman–Crippen LogP) is 19.8. The van der Waals surface area contributed by atoms with Crippen molar-refractivity contribution in [3.8, 4) is 11.5 Å². The van der Waals surface area contributed by atoms with Crippen molar-refractivity contribution in [1.82, 2.24) is 0 Å². The van der Waals surface area contributed by atoms with Crippen LogP contribution in [0.1, 0.15) is 197 Å². The largest absolute Gasteiger partial charge is 0.493 e. The van der Waals surface area contributed by atoms with Gasteiger partial charge in [-0.25, -0.2) is 0 Å². The Kier molecular flexibility index (Phi) is 47.8. The molecule has 0 saturated carbocycles. The van der Waals surface area contributed by atoms with Crippen molar-refractivity contribution in [2.45, 2.75) is 199 Å². The van der Waals surface area contributed by atoms with E-state index in [1.165, 1.54) is 18.4 Å². The molecule has 0 spiro atoms. The van der Waals surface area contributed by atoms with Crippen molar-refractivity contribution >= 4 is 0 Å². The average Bonchev–Trinajstić information content (AvgIpc) is 3.78. The fraction of sp³-hybridized carbons (Fsp3) is 0.701. The molecular formula is C67H124O8. The van der Waals surface area contributed by atoms with E-state index in [0.29, 0.717) is 29.5 Å². The molecule has 440 valence electrons. The molecular weight excluding hydrogens is 933 g/mol. The molecule has 1 heterocycles. The molecule has 75 heavy (non-hydrogen) atoms. The monoisotopic (exact) mass is 1060 g/mol. The number of benzene rings is 2. The molecule has 0 atom stereocenters. The third-order valence-corrected chi connectivity index (χ3v) is 8.16. The average molecular weight is 1060 g/mol. The zero-order valence-electron chi connectivity index (χ0n) is 52.9. The van der Waals surface area contributed by atoms with E-state index in [-0.39, 0.29) is 29.1 Å². The first kappa shape index (κ1) is 80.5. The molecule has 0 fully saturated rings. The highest BCUT2D eigenvalue weighted by Crippen LogP contribution is 2.20. The lowest BCUT2D eigenvalue weighted by molar-refractivity contribution is 0.0504. The van der Waals surface area contributed by atoms with Gasteiger partial charge in [0.25, 0.3) is 0 Å². The molecule has 0 saturated heterocycles. The molecule has 0 aliphatic heterocycles. The highest BCUT2D eigenvalue weighted by molar-refractivity contribution is 5.26. The topological polar surface area (TPSA) is 77.8 Å². The van der Waals surface area contributed by atoms with Gasteiger partial charge in [-0.3, -0.25) is 0 Å². The van der Waals surface area contributed by atoms with Crippen LogP contribution in [0.4, 0.5) is 0 Å². The minimum Gasteiger partial charge on any atom is -0.493 e. The van der Waals surface area contributed by atoms with Crippen LogP contribution in [-0.2, 0) is 30.3 Å². The molecule has 8 nitrogen and oxygen atoms in total. The summed E-state index contributed by atoms with van der Waals surface area (Å²) in [5, 5.41) is 0. The summed E-state index contributed by atoms with van der Waals surface area (Å²) in [5.74, 6) is 2.80. The van der Waals surface area contributed by atoms with Gasteiger partial charge in [0.2, 0.25) is 0 Å². The van der Waals surface area contributed by atoms with Crippen LogP contribution in [0.3, 0.4) is 0 Å². The van der Waals surface area contributed by atoms with Gasteiger partial charge in [0.05, 0.1) is 65.7 Å². The van der Waals surface area contributed by atoms with E-state index in [2.05, 4.69) is 185 Å². The van der Waals surface area contributed by atoms with Gasteiger partial charge in [0.1, 0.15) is 23.9 Å². The number of hydrogen-bond acceptors (Lipinski definition) is 8. The third-order valence-electron chi connectivity index (χ3n) is 8.16. The second kappa shape index (κ2) is 44.6. The molecule has 2 aromatic carbocycles. The molecule has 3 aromatic rings. The Morgan fingerprint density at radius 1 is 0.440 bits per heavy atom. The SMILES string of the molecule is C.C=CCCOCC(C)(C)C.C=CCOCC(C)(C)C.CC(C)(C)COCc1ccco1.CC(C)(C)COc1ccccc1.CCCCOCC(C)(C)C.CCOCC(C)(C)C.Cc1ccc(OCC(C)(C)C)cc1. The zero-order valence-corrected chi connectivity index (χ0v) is 52.9. The van der Waals surface area contributed by atoms with E-state index in [1.54, 1.807) is 12.3 Å². The minimum absolute atomic E-state index is 0. The van der Waals surface area contributed by atoms with E-state index in [0.717, 1.165) is 89.7 Å². The number of hydrogen-bond donors (Lipinski definition) is 0. The maximum absolute atomic E-state index is 5.63. The fourth-order valence-corrected chi connectivity index (χ4v) is 4.63. The number of unbranched alkanes of at least 4 members (excludes halogenated alkanes) is 1. The number of furan rings is 1. The third kappa shape index (κ3) is 77.2. The maximum Gasteiger partial charge on any atom is 0.129 e. The van der Waals surface area contributed by atoms with Gasteiger partial charge >= 0.3 is 0 Å². The highest BCUT2D eigenvalue weighted by Gasteiger charge is 2.14.